The maximum Gasteiger partial charge on any atom is 0.131 e. The number of nitrogens with two attached hydrogens (primary N) is 1. The molecule has 0 aliphatic carbocycles. The lowest BCUT2D eigenvalue weighted by atomic mass is 10.2. The Hall–Kier alpha value is -0.770. The van der Waals surface area contributed by atoms with E-state index in [1.807, 2.05) is 11.8 Å². The summed E-state index contributed by atoms with van der Waals surface area (Å²) < 4.78 is 0. The Morgan fingerprint density at radius 1 is 1.64 bits per heavy atom. The van der Waals surface area contributed by atoms with E-state index in [9.17, 15) is 0 Å². The van der Waals surface area contributed by atoms with Crippen molar-refractivity contribution in [3.05, 3.63) is 17.6 Å². The molecular weight excluding hydrogens is 158 g/mol. The number of aromatic nitrogens is 2. The Balaban J connectivity index is 2.58. The molecule has 1 aromatic heterocycles. The third-order valence-electron chi connectivity index (χ3n) is 1.87. The predicted octanol–water partition coefficient (Wildman–Crippen LogP) is 1.37. The molecule has 1 aromatic rings. The van der Waals surface area contributed by atoms with Crippen LogP contribution in [0.25, 0.3) is 0 Å². The third kappa shape index (κ3) is 0.976. The molecule has 2 N–H and O–H groups in total. The summed E-state index contributed by atoms with van der Waals surface area (Å²) >= 11 is 1.86. The van der Waals surface area contributed by atoms with Gasteiger partial charge in [0.1, 0.15) is 12.1 Å². The van der Waals surface area contributed by atoms with E-state index in [2.05, 4.69) is 16.9 Å². The highest BCUT2D eigenvalue weighted by Crippen LogP contribution is 2.41. The van der Waals surface area contributed by atoms with Crippen LogP contribution in [0.15, 0.2) is 6.33 Å². The summed E-state index contributed by atoms with van der Waals surface area (Å²) in [6, 6.07) is 0. The van der Waals surface area contributed by atoms with Gasteiger partial charge in [-0.2, -0.15) is 0 Å². The average Bonchev–Trinajstić information content (AvgIpc) is 2.34. The molecule has 58 valence electrons. The highest BCUT2D eigenvalue weighted by atomic mass is 32.2. The van der Waals surface area contributed by atoms with Crippen molar-refractivity contribution in [3.63, 3.8) is 0 Å². The highest BCUT2D eigenvalue weighted by molar-refractivity contribution is 7.99. The lowest BCUT2D eigenvalue weighted by Crippen LogP contribution is -2.00. The van der Waals surface area contributed by atoms with Crippen LogP contribution in [0.4, 0.5) is 5.82 Å². The van der Waals surface area contributed by atoms with Gasteiger partial charge in [-0.25, -0.2) is 9.97 Å². The number of nitrogens with zero attached hydrogens (tertiary/aromatic N) is 2. The molecule has 1 aliphatic heterocycles. The van der Waals surface area contributed by atoms with Gasteiger partial charge in [-0.15, -0.1) is 11.8 Å². The second kappa shape index (κ2) is 2.37. The first kappa shape index (κ1) is 6.91. The average molecular weight is 167 g/mol. The number of thioether (sulfide) groups is 1. The van der Waals surface area contributed by atoms with Gasteiger partial charge in [0.15, 0.2) is 0 Å². The quantitative estimate of drug-likeness (QED) is 0.634. The van der Waals surface area contributed by atoms with Crippen LogP contribution in [0.3, 0.4) is 0 Å². The minimum absolute atomic E-state index is 0.464. The van der Waals surface area contributed by atoms with E-state index in [1.165, 1.54) is 6.33 Å². The molecule has 0 amide bonds. The van der Waals surface area contributed by atoms with Crippen molar-refractivity contribution >= 4 is 17.6 Å². The van der Waals surface area contributed by atoms with Crippen molar-refractivity contribution in [2.24, 2.45) is 0 Å². The minimum atomic E-state index is 0.464. The maximum atomic E-state index is 5.70. The molecule has 0 bridgehead atoms. The van der Waals surface area contributed by atoms with Crippen LogP contribution in [0.2, 0.25) is 0 Å². The van der Waals surface area contributed by atoms with Gasteiger partial charge in [-0.1, -0.05) is 0 Å². The molecule has 1 atom stereocenters. The van der Waals surface area contributed by atoms with Crippen LogP contribution in [0, 0.1) is 0 Å². The lowest BCUT2D eigenvalue weighted by Gasteiger charge is -2.03. The second-order valence-electron chi connectivity index (χ2n) is 2.57. The smallest absolute Gasteiger partial charge is 0.131 e. The van der Waals surface area contributed by atoms with Crippen LogP contribution in [-0.2, 0) is 5.75 Å². The number of hydrogen-bond acceptors (Lipinski definition) is 4. The predicted molar refractivity (Wildman–Crippen MR) is 46.2 cm³/mol. The Bertz CT molecular complexity index is 287. The number of hydrogen-bond donors (Lipinski definition) is 1. The van der Waals surface area contributed by atoms with Crippen LogP contribution < -0.4 is 5.73 Å². The summed E-state index contributed by atoms with van der Waals surface area (Å²) in [6.07, 6.45) is 1.53. The minimum Gasteiger partial charge on any atom is -0.383 e. The molecule has 11 heavy (non-hydrogen) atoms. The normalized spacial score (nSPS) is 21.7. The van der Waals surface area contributed by atoms with Crippen molar-refractivity contribution in [2.75, 3.05) is 5.73 Å². The Kier molecular flexibility index (Phi) is 1.49. The summed E-state index contributed by atoms with van der Waals surface area (Å²) in [5.74, 6) is 1.62. The fraction of sp³-hybridized carbons (Fsp3) is 0.429. The van der Waals surface area contributed by atoms with Gasteiger partial charge < -0.3 is 5.73 Å². The van der Waals surface area contributed by atoms with E-state index in [4.69, 9.17) is 5.73 Å². The Morgan fingerprint density at radius 2 is 2.45 bits per heavy atom. The zero-order valence-corrected chi connectivity index (χ0v) is 7.06. The number of fused-ring (bicyclic) bond motifs is 1. The van der Waals surface area contributed by atoms with Crippen LogP contribution in [0.1, 0.15) is 23.4 Å². The van der Waals surface area contributed by atoms with E-state index in [1.54, 1.807) is 0 Å². The zero-order valence-electron chi connectivity index (χ0n) is 6.24. The van der Waals surface area contributed by atoms with Crippen molar-refractivity contribution in [3.8, 4) is 0 Å². The number of rotatable bonds is 0. The van der Waals surface area contributed by atoms with E-state index >= 15 is 0 Å². The zero-order chi connectivity index (χ0) is 7.84. The molecule has 1 aliphatic rings. The maximum absolute atomic E-state index is 5.70. The van der Waals surface area contributed by atoms with Crippen molar-refractivity contribution in [1.82, 2.24) is 9.97 Å². The van der Waals surface area contributed by atoms with E-state index in [-0.39, 0.29) is 0 Å². The second-order valence-corrected chi connectivity index (χ2v) is 3.90. The molecule has 0 fully saturated rings. The highest BCUT2D eigenvalue weighted by Gasteiger charge is 2.22. The van der Waals surface area contributed by atoms with E-state index in [0.29, 0.717) is 11.1 Å². The molecular formula is C7H9N3S. The summed E-state index contributed by atoms with van der Waals surface area (Å²) in [6.45, 7) is 2.14. The summed E-state index contributed by atoms with van der Waals surface area (Å²) in [5, 5.41) is 0.464. The van der Waals surface area contributed by atoms with Crippen molar-refractivity contribution < 1.29 is 0 Å². The molecule has 2 heterocycles. The first-order chi connectivity index (χ1) is 5.29. The molecule has 2 rings (SSSR count). The first-order valence-electron chi connectivity index (χ1n) is 3.50. The van der Waals surface area contributed by atoms with Crippen molar-refractivity contribution in [2.45, 2.75) is 17.9 Å². The summed E-state index contributed by atoms with van der Waals surface area (Å²) in [7, 11) is 0. The third-order valence-corrected chi connectivity index (χ3v) is 3.05. The number of anilines is 1. The molecule has 0 saturated carbocycles. The SMILES string of the molecule is C[C@H]1SCc2ncnc(N)c21. The Morgan fingerprint density at radius 3 is 3.18 bits per heavy atom. The van der Waals surface area contributed by atoms with Gasteiger partial charge in [-0.3, -0.25) is 0 Å². The molecule has 0 aromatic carbocycles. The topological polar surface area (TPSA) is 51.8 Å². The molecule has 4 heteroatoms. The fourth-order valence-electron chi connectivity index (χ4n) is 1.29. The van der Waals surface area contributed by atoms with Crippen molar-refractivity contribution in [1.29, 1.82) is 0 Å². The Labute approximate surface area is 69.4 Å². The molecule has 0 spiro atoms. The van der Waals surface area contributed by atoms with E-state index in [0.717, 1.165) is 17.0 Å². The van der Waals surface area contributed by atoms with Gasteiger partial charge in [0.05, 0.1) is 5.69 Å². The van der Waals surface area contributed by atoms with Gasteiger partial charge in [0.25, 0.3) is 0 Å². The summed E-state index contributed by atoms with van der Waals surface area (Å²) in [5.41, 5.74) is 7.94. The van der Waals surface area contributed by atoms with Gasteiger partial charge in [0, 0.05) is 16.6 Å². The van der Waals surface area contributed by atoms with Gasteiger partial charge in [0.2, 0.25) is 0 Å². The monoisotopic (exact) mass is 167 g/mol. The van der Waals surface area contributed by atoms with Gasteiger partial charge >= 0.3 is 0 Å². The fourth-order valence-corrected chi connectivity index (χ4v) is 2.35. The standard InChI is InChI=1S/C7H9N3S/c1-4-6-5(2-11-4)9-3-10-7(6)8/h3-4H,2H2,1H3,(H2,8,9,10)/t4-/m1/s1. The van der Waals surface area contributed by atoms with Crippen LogP contribution >= 0.6 is 11.8 Å². The summed E-state index contributed by atoms with van der Waals surface area (Å²) in [4.78, 5) is 8.11. The lowest BCUT2D eigenvalue weighted by molar-refractivity contribution is 1.02. The number of nitrogen functional groups attached to an aromatic ring is 1. The van der Waals surface area contributed by atoms with Crippen LogP contribution in [0.5, 0.6) is 0 Å². The molecule has 0 unspecified atom stereocenters. The molecule has 0 radical (unpaired) electrons. The first-order valence-corrected chi connectivity index (χ1v) is 4.54. The van der Waals surface area contributed by atoms with Crippen LogP contribution in [-0.4, -0.2) is 9.97 Å². The largest absolute Gasteiger partial charge is 0.383 e. The van der Waals surface area contributed by atoms with Gasteiger partial charge in [-0.05, 0) is 6.92 Å². The molecule has 3 nitrogen and oxygen atoms in total. The molecule has 0 saturated heterocycles. The van der Waals surface area contributed by atoms with E-state index < -0.39 is 0 Å².